The van der Waals surface area contributed by atoms with Gasteiger partial charge >= 0.3 is 0 Å². The third-order valence-electron chi connectivity index (χ3n) is 8.56. The second-order valence-corrected chi connectivity index (χ2v) is 10.9. The molecule has 5 aliphatic heterocycles. The molecule has 0 aromatic carbocycles. The first-order valence-electron chi connectivity index (χ1n) is 13.7. The van der Waals surface area contributed by atoms with E-state index >= 15 is 0 Å². The number of hydrogen-bond acceptors (Lipinski definition) is 7. The number of amides is 3. The highest BCUT2D eigenvalue weighted by atomic mass is 16.5. The Morgan fingerprint density at radius 1 is 0.919 bits per heavy atom. The van der Waals surface area contributed by atoms with Crippen molar-refractivity contribution in [1.29, 1.82) is 0 Å². The van der Waals surface area contributed by atoms with Crippen molar-refractivity contribution in [1.82, 2.24) is 19.6 Å². The minimum absolute atomic E-state index is 0.0904. The lowest BCUT2D eigenvalue weighted by Gasteiger charge is -2.38. The second kappa shape index (κ2) is 10.5. The van der Waals surface area contributed by atoms with Crippen LogP contribution in [0.2, 0.25) is 0 Å². The van der Waals surface area contributed by atoms with Crippen LogP contribution in [-0.4, -0.2) is 132 Å². The molecule has 1 unspecified atom stereocenters. The molecule has 5 rings (SSSR count). The van der Waals surface area contributed by atoms with Crippen molar-refractivity contribution in [2.24, 2.45) is 11.8 Å². The largest absolute Gasteiger partial charge is 0.396 e. The van der Waals surface area contributed by atoms with Gasteiger partial charge in [0.2, 0.25) is 17.7 Å². The topological polar surface area (TPSA) is 103 Å². The average Bonchev–Trinajstić information content (AvgIpc) is 3.16. The van der Waals surface area contributed by atoms with Crippen molar-refractivity contribution in [3.8, 4) is 0 Å². The normalized spacial score (nSPS) is 36.0. The first kappa shape index (κ1) is 26.3. The van der Waals surface area contributed by atoms with Gasteiger partial charge in [0.25, 0.3) is 0 Å². The van der Waals surface area contributed by atoms with Crippen LogP contribution in [0.15, 0.2) is 24.3 Å². The maximum Gasteiger partial charge on any atom is 0.249 e. The molecule has 0 radical (unpaired) electrons. The van der Waals surface area contributed by atoms with Gasteiger partial charge in [-0.1, -0.05) is 31.2 Å². The third-order valence-corrected chi connectivity index (χ3v) is 8.56. The Morgan fingerprint density at radius 2 is 1.62 bits per heavy atom. The smallest absolute Gasteiger partial charge is 0.249 e. The molecular formula is C27H40N4O6. The Bertz CT molecular complexity index is 965. The fraction of sp³-hybridized carbons (Fsp3) is 0.741. The van der Waals surface area contributed by atoms with E-state index in [-0.39, 0.29) is 30.9 Å². The third kappa shape index (κ3) is 4.41. The van der Waals surface area contributed by atoms with Gasteiger partial charge in [-0.2, -0.15) is 0 Å². The first-order valence-corrected chi connectivity index (χ1v) is 13.7. The van der Waals surface area contributed by atoms with Crippen molar-refractivity contribution in [2.45, 2.75) is 43.9 Å². The molecule has 5 atom stereocenters. The number of aliphatic hydroxyl groups excluding tert-OH is 1. The van der Waals surface area contributed by atoms with E-state index < -0.39 is 29.1 Å². The summed E-state index contributed by atoms with van der Waals surface area (Å²) in [7, 11) is 0. The van der Waals surface area contributed by atoms with Crippen LogP contribution in [0.3, 0.4) is 0 Å². The highest BCUT2D eigenvalue weighted by Crippen LogP contribution is 2.57. The molecule has 1 N–H and O–H groups in total. The fourth-order valence-electron chi connectivity index (χ4n) is 6.86. The van der Waals surface area contributed by atoms with E-state index in [1.165, 1.54) is 0 Å². The predicted octanol–water partition coefficient (Wildman–Crippen LogP) is -0.121. The molecule has 3 saturated heterocycles. The number of fused-ring (bicyclic) bond motifs is 2. The van der Waals surface area contributed by atoms with Gasteiger partial charge in [0.1, 0.15) is 11.6 Å². The number of rotatable bonds is 8. The number of carbonyl (C=O) groups is 3. The summed E-state index contributed by atoms with van der Waals surface area (Å²) in [5.41, 5.74) is -2.22. The molecule has 37 heavy (non-hydrogen) atoms. The SMILES string of the molecule is CCCN1CC=C[C@@]2(C)O[C@]34C=CCN(CCN5CCOCC5)C(=O)C3N(CCCO)C(=O)[C@@H]4[C@H]2C1=O. The van der Waals surface area contributed by atoms with Crippen LogP contribution in [0, 0.1) is 11.8 Å². The summed E-state index contributed by atoms with van der Waals surface area (Å²) in [6.07, 6.45) is 8.85. The Labute approximate surface area is 218 Å². The molecule has 5 aliphatic rings. The molecule has 0 bridgehead atoms. The molecule has 3 amide bonds. The number of aliphatic hydroxyl groups is 1. The fourth-order valence-corrected chi connectivity index (χ4v) is 6.86. The van der Waals surface area contributed by atoms with Crippen LogP contribution in [0.4, 0.5) is 0 Å². The minimum atomic E-state index is -1.23. The van der Waals surface area contributed by atoms with Crippen molar-refractivity contribution >= 4 is 17.7 Å². The number of carbonyl (C=O) groups excluding carboxylic acids is 3. The highest BCUT2D eigenvalue weighted by molar-refractivity contribution is 6.00. The maximum atomic E-state index is 14.2. The van der Waals surface area contributed by atoms with Crippen molar-refractivity contribution < 1.29 is 29.0 Å². The van der Waals surface area contributed by atoms with E-state index in [1.807, 2.05) is 38.2 Å². The molecule has 5 heterocycles. The zero-order valence-electron chi connectivity index (χ0n) is 22.0. The lowest BCUT2D eigenvalue weighted by molar-refractivity contribution is -0.153. The van der Waals surface area contributed by atoms with Gasteiger partial charge < -0.3 is 29.3 Å². The van der Waals surface area contributed by atoms with Crippen LogP contribution in [0.1, 0.15) is 26.7 Å². The van der Waals surface area contributed by atoms with Gasteiger partial charge in [0, 0.05) is 59.0 Å². The van der Waals surface area contributed by atoms with Crippen molar-refractivity contribution in [3.05, 3.63) is 24.3 Å². The van der Waals surface area contributed by atoms with Gasteiger partial charge in [-0.15, -0.1) is 0 Å². The van der Waals surface area contributed by atoms with Crippen LogP contribution >= 0.6 is 0 Å². The van der Waals surface area contributed by atoms with Crippen LogP contribution in [0.5, 0.6) is 0 Å². The van der Waals surface area contributed by atoms with E-state index in [2.05, 4.69) is 4.90 Å². The number of ether oxygens (including phenoxy) is 2. The van der Waals surface area contributed by atoms with Gasteiger partial charge in [-0.3, -0.25) is 19.3 Å². The van der Waals surface area contributed by atoms with Crippen molar-refractivity contribution in [3.63, 3.8) is 0 Å². The summed E-state index contributed by atoms with van der Waals surface area (Å²) >= 11 is 0. The second-order valence-electron chi connectivity index (χ2n) is 10.9. The maximum absolute atomic E-state index is 14.2. The van der Waals surface area contributed by atoms with E-state index in [1.54, 1.807) is 14.7 Å². The monoisotopic (exact) mass is 516 g/mol. The standard InChI is InChI=1S/C27H40N4O6/c1-3-9-29-10-4-7-26(2)20(23(29)33)21-24(34)31(12-6-17-32)22-25(35)30(11-5-8-27(21,22)37-26)14-13-28-15-18-36-19-16-28/h4-5,7-8,20-22,32H,3,6,9-19H2,1-2H3/t20-,21-,22?,26+,27-/m0/s1. The average molecular weight is 517 g/mol. The first-order chi connectivity index (χ1) is 17.9. The molecule has 10 nitrogen and oxygen atoms in total. The molecule has 0 aromatic heterocycles. The number of likely N-dealkylation sites (tertiary alicyclic amines) is 1. The van der Waals surface area contributed by atoms with Gasteiger partial charge in [0.05, 0.1) is 30.7 Å². The quantitative estimate of drug-likeness (QED) is 0.449. The summed E-state index contributed by atoms with van der Waals surface area (Å²) < 4.78 is 12.2. The van der Waals surface area contributed by atoms with Gasteiger partial charge in [-0.05, 0) is 19.8 Å². The van der Waals surface area contributed by atoms with E-state index in [9.17, 15) is 19.5 Å². The van der Waals surface area contributed by atoms with Crippen LogP contribution in [-0.2, 0) is 23.9 Å². The van der Waals surface area contributed by atoms with Crippen LogP contribution in [0.25, 0.3) is 0 Å². The zero-order valence-corrected chi connectivity index (χ0v) is 22.0. The molecule has 3 fully saturated rings. The Balaban J connectivity index is 1.49. The van der Waals surface area contributed by atoms with Crippen LogP contribution < -0.4 is 0 Å². The van der Waals surface area contributed by atoms with Crippen molar-refractivity contribution in [2.75, 3.05) is 72.2 Å². The summed E-state index contributed by atoms with van der Waals surface area (Å²) in [6, 6.07) is -0.871. The molecule has 0 saturated carbocycles. The molecular weight excluding hydrogens is 476 g/mol. The Hall–Kier alpha value is -2.27. The lowest BCUT2D eigenvalue weighted by Crippen LogP contribution is -2.56. The number of nitrogens with zero attached hydrogens (tertiary/aromatic N) is 4. The summed E-state index contributed by atoms with van der Waals surface area (Å²) in [4.78, 5) is 49.6. The summed E-state index contributed by atoms with van der Waals surface area (Å²) in [5, 5.41) is 9.55. The molecule has 0 aromatic rings. The Morgan fingerprint density at radius 3 is 2.32 bits per heavy atom. The highest BCUT2D eigenvalue weighted by Gasteiger charge is 2.74. The minimum Gasteiger partial charge on any atom is -0.396 e. The molecule has 1 spiro atoms. The predicted molar refractivity (Wildman–Crippen MR) is 135 cm³/mol. The van der Waals surface area contributed by atoms with E-state index in [4.69, 9.17) is 9.47 Å². The molecule has 10 heteroatoms. The Kier molecular flexibility index (Phi) is 7.46. The summed E-state index contributed by atoms with van der Waals surface area (Å²) in [6.45, 7) is 9.87. The van der Waals surface area contributed by atoms with E-state index in [0.717, 1.165) is 26.1 Å². The zero-order chi connectivity index (χ0) is 26.2. The number of morpholine rings is 1. The van der Waals surface area contributed by atoms with Gasteiger partial charge in [-0.25, -0.2) is 0 Å². The molecule has 204 valence electrons. The number of hydrogen-bond donors (Lipinski definition) is 1. The summed E-state index contributed by atoms with van der Waals surface area (Å²) in [5.74, 6) is -2.00. The van der Waals surface area contributed by atoms with E-state index in [0.29, 0.717) is 45.8 Å². The molecule has 0 aliphatic carbocycles. The lowest BCUT2D eigenvalue weighted by atomic mass is 9.74. The van der Waals surface area contributed by atoms with Gasteiger partial charge in [0.15, 0.2) is 0 Å².